The Hall–Kier alpha value is -3.81. The minimum Gasteiger partial charge on any atom is -0.508 e. The van der Waals surface area contributed by atoms with Crippen molar-refractivity contribution in [3.05, 3.63) is 39.9 Å². The fourth-order valence-electron chi connectivity index (χ4n) is 7.03. The molecular formula is C28H33FN4O8. The van der Waals surface area contributed by atoms with Gasteiger partial charge >= 0.3 is 0 Å². The molecule has 5 rings (SSSR count). The fourth-order valence-corrected chi connectivity index (χ4v) is 7.03. The van der Waals surface area contributed by atoms with Crippen molar-refractivity contribution >= 4 is 34.8 Å². The molecule has 1 heterocycles. The lowest BCUT2D eigenvalue weighted by Gasteiger charge is -2.50. The molecular weight excluding hydrogens is 539 g/mol. The number of rotatable bonds is 4. The molecule has 41 heavy (non-hydrogen) atoms. The third kappa shape index (κ3) is 3.90. The number of aromatic hydroxyl groups is 1. The van der Waals surface area contributed by atoms with E-state index < -0.39 is 81.2 Å². The molecule has 0 aromatic heterocycles. The Morgan fingerprint density at radius 3 is 2.37 bits per heavy atom. The third-order valence-electron chi connectivity index (χ3n) is 8.97. The van der Waals surface area contributed by atoms with Crippen LogP contribution in [-0.4, -0.2) is 106 Å². The summed E-state index contributed by atoms with van der Waals surface area (Å²) in [4.78, 5) is 56.7. The normalized spacial score (nSPS) is 30.1. The highest BCUT2D eigenvalue weighted by molar-refractivity contribution is 6.24. The number of hydrogen-bond donors (Lipinski definition) is 5. The number of carbonyl (C=O) groups excluding carboxylic acids is 4. The van der Waals surface area contributed by atoms with Crippen molar-refractivity contribution in [2.75, 3.05) is 39.6 Å². The number of fused-ring (bicyclic) bond motifs is 3. The summed E-state index contributed by atoms with van der Waals surface area (Å²) < 4.78 is 15.7. The number of ketones is 2. The first kappa shape index (κ1) is 28.7. The summed E-state index contributed by atoms with van der Waals surface area (Å²) in [5.41, 5.74) is 0.582. The van der Waals surface area contributed by atoms with Crippen molar-refractivity contribution in [2.24, 2.45) is 17.6 Å². The van der Waals surface area contributed by atoms with Crippen LogP contribution in [0.2, 0.25) is 0 Å². The fraction of sp³-hybridized carbons (Fsp3) is 0.500. The van der Waals surface area contributed by atoms with Crippen LogP contribution in [0.4, 0.5) is 10.1 Å². The Kier molecular flexibility index (Phi) is 6.75. The molecule has 0 radical (unpaired) electrons. The minimum atomic E-state index is -2.79. The van der Waals surface area contributed by atoms with E-state index in [9.17, 15) is 39.6 Å². The first-order valence-corrected chi connectivity index (χ1v) is 13.3. The molecule has 2 fully saturated rings. The Bertz CT molecular complexity index is 1470. The molecule has 1 aromatic carbocycles. The summed E-state index contributed by atoms with van der Waals surface area (Å²) in [5.74, 6) is -9.34. The van der Waals surface area contributed by atoms with Gasteiger partial charge < -0.3 is 31.1 Å². The van der Waals surface area contributed by atoms with Gasteiger partial charge in [-0.2, -0.15) is 0 Å². The van der Waals surface area contributed by atoms with E-state index in [-0.39, 0.29) is 42.1 Å². The molecule has 1 saturated heterocycles. The first-order valence-electron chi connectivity index (χ1n) is 13.3. The van der Waals surface area contributed by atoms with Gasteiger partial charge in [-0.05, 0) is 59.8 Å². The van der Waals surface area contributed by atoms with Gasteiger partial charge in [-0.1, -0.05) is 0 Å². The van der Waals surface area contributed by atoms with Crippen LogP contribution in [0.25, 0.3) is 5.76 Å². The number of anilines is 1. The number of nitrogens with zero attached hydrogens (tertiary/aromatic N) is 3. The van der Waals surface area contributed by atoms with Gasteiger partial charge in [-0.25, -0.2) is 4.39 Å². The van der Waals surface area contributed by atoms with Crippen molar-refractivity contribution in [3.8, 4) is 5.75 Å². The van der Waals surface area contributed by atoms with E-state index in [1.165, 1.54) is 23.9 Å². The second-order valence-electron chi connectivity index (χ2n) is 11.7. The molecule has 1 aliphatic heterocycles. The SMILES string of the molecule is CN(C)[C@@H]1C(=O)C(C(N)=O)=C(O)[C@@]2(O)C(=O)C3=C(O)c4c(O)c(N5CCC[C@H](N(C)C)C5=O)cc(F)c4C[C@H]3C[C@@H]12. The average molecular weight is 573 g/mol. The van der Waals surface area contributed by atoms with Crippen LogP contribution < -0.4 is 10.6 Å². The van der Waals surface area contributed by atoms with Crippen LogP contribution >= 0.6 is 0 Å². The zero-order valence-electron chi connectivity index (χ0n) is 23.1. The Balaban J connectivity index is 1.68. The van der Waals surface area contributed by atoms with Crippen molar-refractivity contribution < 1.29 is 44.0 Å². The van der Waals surface area contributed by atoms with Crippen molar-refractivity contribution in [2.45, 2.75) is 43.4 Å². The third-order valence-corrected chi connectivity index (χ3v) is 8.97. The zero-order valence-corrected chi connectivity index (χ0v) is 23.1. The summed E-state index contributed by atoms with van der Waals surface area (Å²) in [6.45, 7) is 0.198. The van der Waals surface area contributed by atoms with E-state index in [1.807, 2.05) is 0 Å². The highest BCUT2D eigenvalue weighted by atomic mass is 19.1. The topological polar surface area (TPSA) is 185 Å². The van der Waals surface area contributed by atoms with Gasteiger partial charge in [0.05, 0.1) is 23.3 Å². The minimum absolute atomic E-state index is 0.0921. The van der Waals surface area contributed by atoms with Crippen molar-refractivity contribution in [1.82, 2.24) is 9.80 Å². The number of Topliss-reactive ketones (excluding diaryl/α,β-unsaturated/α-hetero) is 2. The van der Waals surface area contributed by atoms with Gasteiger partial charge in [0.25, 0.3) is 5.91 Å². The number of amides is 2. The number of aliphatic hydroxyl groups excluding tert-OH is 2. The van der Waals surface area contributed by atoms with E-state index in [0.29, 0.717) is 12.8 Å². The number of piperidine rings is 1. The largest absolute Gasteiger partial charge is 0.508 e. The van der Waals surface area contributed by atoms with E-state index in [1.54, 1.807) is 19.0 Å². The molecule has 1 aromatic rings. The number of nitrogens with two attached hydrogens (primary N) is 1. The van der Waals surface area contributed by atoms with Crippen LogP contribution in [-0.2, 0) is 25.6 Å². The van der Waals surface area contributed by atoms with Gasteiger partial charge in [0.1, 0.15) is 22.9 Å². The van der Waals surface area contributed by atoms with Gasteiger partial charge in [0.15, 0.2) is 17.1 Å². The lowest BCUT2D eigenvalue weighted by Crippen LogP contribution is -2.65. The molecule has 0 unspecified atom stereocenters. The number of aliphatic hydroxyl groups is 3. The molecule has 1 saturated carbocycles. The predicted octanol–water partition coefficient (Wildman–Crippen LogP) is 0.160. The summed E-state index contributed by atoms with van der Waals surface area (Å²) >= 11 is 0. The maximum atomic E-state index is 15.7. The molecule has 0 bridgehead atoms. The Morgan fingerprint density at radius 2 is 1.78 bits per heavy atom. The number of halogens is 1. The first-order chi connectivity index (χ1) is 19.1. The van der Waals surface area contributed by atoms with E-state index >= 15 is 4.39 Å². The lowest BCUT2D eigenvalue weighted by molar-refractivity contribution is -0.153. The molecule has 5 atom stereocenters. The van der Waals surface area contributed by atoms with Gasteiger partial charge in [-0.3, -0.25) is 29.0 Å². The number of primary amides is 1. The van der Waals surface area contributed by atoms with Gasteiger partial charge in [-0.15, -0.1) is 0 Å². The monoisotopic (exact) mass is 572 g/mol. The van der Waals surface area contributed by atoms with E-state index in [4.69, 9.17) is 5.73 Å². The molecule has 2 amide bonds. The molecule has 13 heteroatoms. The van der Waals surface area contributed by atoms with Crippen molar-refractivity contribution in [1.29, 1.82) is 0 Å². The number of carbonyl (C=O) groups is 4. The molecule has 6 N–H and O–H groups in total. The van der Waals surface area contributed by atoms with Crippen molar-refractivity contribution in [3.63, 3.8) is 0 Å². The van der Waals surface area contributed by atoms with E-state index in [0.717, 1.165) is 6.07 Å². The van der Waals surface area contributed by atoms with Crippen LogP contribution in [0.5, 0.6) is 5.75 Å². The summed E-state index contributed by atoms with van der Waals surface area (Å²) in [6, 6.07) is -0.704. The highest BCUT2D eigenvalue weighted by Crippen LogP contribution is 2.54. The molecule has 12 nitrogen and oxygen atoms in total. The molecule has 3 aliphatic carbocycles. The zero-order chi connectivity index (χ0) is 30.3. The van der Waals surface area contributed by atoms with E-state index in [2.05, 4.69) is 0 Å². The Labute approximate surface area is 235 Å². The summed E-state index contributed by atoms with van der Waals surface area (Å²) in [5, 5.41) is 45.3. The second-order valence-corrected chi connectivity index (χ2v) is 11.7. The summed E-state index contributed by atoms with van der Waals surface area (Å²) in [6.07, 6.45) is 0.822. The number of benzene rings is 1. The average Bonchev–Trinajstić information content (AvgIpc) is 2.88. The molecule has 0 spiro atoms. The maximum Gasteiger partial charge on any atom is 0.255 e. The Morgan fingerprint density at radius 1 is 1.12 bits per heavy atom. The number of phenols is 1. The van der Waals surface area contributed by atoms with Gasteiger partial charge in [0, 0.05) is 29.7 Å². The highest BCUT2D eigenvalue weighted by Gasteiger charge is 2.64. The van der Waals surface area contributed by atoms with Gasteiger partial charge in [0.2, 0.25) is 11.7 Å². The lowest BCUT2D eigenvalue weighted by atomic mass is 9.57. The van der Waals surface area contributed by atoms with Crippen LogP contribution in [0, 0.1) is 17.7 Å². The molecule has 220 valence electrons. The summed E-state index contributed by atoms with van der Waals surface area (Å²) in [7, 11) is 6.45. The smallest absolute Gasteiger partial charge is 0.255 e. The molecule has 4 aliphatic rings. The van der Waals surface area contributed by atoms with Crippen LogP contribution in [0.3, 0.4) is 0 Å². The quantitative estimate of drug-likeness (QED) is 0.311. The standard InChI is InChI=1S/C28H33FN4O8/c1-31(2)15-6-5-7-33(27(15)40)16-10-14(29)12-8-11-9-13-20(32(3)4)23(36)19(26(30)39)25(38)28(13,41)24(37)17(11)22(35)18(12)21(16)34/h10-11,13,15,20,34-35,38,41H,5-9H2,1-4H3,(H2,30,39)/t11-,13-,15-,20-,28-/m0/s1. The van der Waals surface area contributed by atoms with Crippen LogP contribution in [0.1, 0.15) is 30.4 Å². The number of likely N-dealkylation sites (N-methyl/N-ethyl adjacent to an activating group) is 2. The predicted molar refractivity (Wildman–Crippen MR) is 143 cm³/mol. The second kappa shape index (κ2) is 9.64. The van der Waals surface area contributed by atoms with Crippen LogP contribution in [0.15, 0.2) is 23.0 Å². The number of hydrogen-bond acceptors (Lipinski definition) is 10. The maximum absolute atomic E-state index is 15.7. The number of phenolic OH excluding ortho intramolecular Hbond substituents is 1.